The highest BCUT2D eigenvalue weighted by Crippen LogP contribution is 2.36. The van der Waals surface area contributed by atoms with E-state index >= 15 is 0 Å². The van der Waals surface area contributed by atoms with Crippen LogP contribution in [-0.2, 0) is 37.0 Å². The molecule has 2 aliphatic heterocycles. The van der Waals surface area contributed by atoms with Crippen LogP contribution in [-0.4, -0.2) is 78.6 Å². The second kappa shape index (κ2) is 16.3. The highest BCUT2D eigenvalue weighted by molar-refractivity contribution is 6.33. The SMILES string of the molecule is CCc1c(N2CCN(C(=O)c3ncnc(C)c3OCc3ccccc3)CC2)c(=O)n2nc(-c3ccc4c(c3C)CCO4)nc2n1CC(=O)Nc1ccc(C(F)(F)F)cc1Cl. The third kappa shape index (κ3) is 7.72. The first-order chi connectivity index (χ1) is 28.8. The lowest BCUT2D eigenvalue weighted by Gasteiger charge is -2.36. The van der Waals surface area contributed by atoms with Crippen LogP contribution >= 0.6 is 11.6 Å². The van der Waals surface area contributed by atoms with Gasteiger partial charge in [-0.15, -0.1) is 5.10 Å². The normalized spacial score (nSPS) is 14.0. The predicted molar refractivity (Wildman–Crippen MR) is 217 cm³/mol. The molecule has 2 amide bonds. The summed E-state index contributed by atoms with van der Waals surface area (Å²) in [5.74, 6) is 0.452. The van der Waals surface area contributed by atoms with Gasteiger partial charge < -0.3 is 29.2 Å². The number of rotatable bonds is 10. The minimum atomic E-state index is -4.62. The van der Waals surface area contributed by atoms with Crippen molar-refractivity contribution in [3.63, 3.8) is 0 Å². The maximum atomic E-state index is 14.6. The van der Waals surface area contributed by atoms with Gasteiger partial charge in [-0.2, -0.15) is 22.7 Å². The summed E-state index contributed by atoms with van der Waals surface area (Å²) < 4.78 is 54.6. The quantitative estimate of drug-likeness (QED) is 0.166. The van der Waals surface area contributed by atoms with E-state index in [1.807, 2.05) is 61.2 Å². The second-order valence-corrected chi connectivity index (χ2v) is 14.8. The van der Waals surface area contributed by atoms with Gasteiger partial charge in [-0.3, -0.25) is 14.4 Å². The zero-order chi connectivity index (χ0) is 42.3. The Balaban J connectivity index is 1.12. The highest BCUT2D eigenvalue weighted by atomic mass is 35.5. The Bertz CT molecular complexity index is 2700. The Labute approximate surface area is 346 Å². The molecule has 1 fully saturated rings. The van der Waals surface area contributed by atoms with Crippen molar-refractivity contribution in [3.8, 4) is 22.9 Å². The fourth-order valence-electron chi connectivity index (χ4n) is 7.65. The largest absolute Gasteiger partial charge is 0.493 e. The van der Waals surface area contributed by atoms with E-state index in [2.05, 4.69) is 15.3 Å². The Morgan fingerprint density at radius 3 is 2.48 bits per heavy atom. The molecule has 8 rings (SSSR count). The number of hydrogen-bond donors (Lipinski definition) is 1. The number of halogens is 4. The van der Waals surface area contributed by atoms with Gasteiger partial charge >= 0.3 is 6.18 Å². The van der Waals surface area contributed by atoms with E-state index < -0.39 is 23.2 Å². The number of carbonyl (C=O) groups excluding carboxylic acids is 2. The molecular formula is C42H39ClF3N9O5. The van der Waals surface area contributed by atoms with Crippen LogP contribution in [0.4, 0.5) is 24.5 Å². The van der Waals surface area contributed by atoms with Gasteiger partial charge in [0.25, 0.3) is 11.5 Å². The standard InChI is InChI=1S/C42H39ClF3N9O5/c1-4-32-36(52-15-17-53(18-16-52)39(57)35-37(25(3)47-23-48-35)60-22-26-8-6-5-7-9-26)40(58)55-41(50-38(51-55)29-11-13-33-28(24(29)2)14-19-59-33)54(32)21-34(56)49-31-12-10-27(20-30(31)43)42(44,45)46/h5-13,20,23H,4,14-19,21-22H2,1-3H3,(H,49,56). The number of amides is 2. The molecule has 0 saturated carbocycles. The van der Waals surface area contributed by atoms with Crippen LogP contribution in [0, 0.1) is 13.8 Å². The summed E-state index contributed by atoms with van der Waals surface area (Å²) in [5, 5.41) is 7.02. The van der Waals surface area contributed by atoms with E-state index in [4.69, 9.17) is 31.2 Å². The van der Waals surface area contributed by atoms with Crippen molar-refractivity contribution in [2.75, 3.05) is 43.0 Å². The van der Waals surface area contributed by atoms with Crippen LogP contribution in [0.25, 0.3) is 17.2 Å². The van der Waals surface area contributed by atoms with Crippen LogP contribution in [0.2, 0.25) is 5.02 Å². The van der Waals surface area contributed by atoms with Gasteiger partial charge in [0.15, 0.2) is 17.3 Å². The van der Waals surface area contributed by atoms with Crippen molar-refractivity contribution >= 4 is 40.6 Å². The summed E-state index contributed by atoms with van der Waals surface area (Å²) >= 11 is 6.19. The number of anilines is 2. The van der Waals surface area contributed by atoms with Crippen LogP contribution in [0.1, 0.15) is 51.1 Å². The van der Waals surface area contributed by atoms with Crippen molar-refractivity contribution in [1.29, 1.82) is 0 Å². The first-order valence-corrected chi connectivity index (χ1v) is 19.7. The second-order valence-electron chi connectivity index (χ2n) is 14.4. The van der Waals surface area contributed by atoms with Crippen LogP contribution in [0.5, 0.6) is 11.5 Å². The summed E-state index contributed by atoms with van der Waals surface area (Å²) in [6.45, 7) is 6.87. The fourth-order valence-corrected chi connectivity index (χ4v) is 7.88. The van der Waals surface area contributed by atoms with Crippen molar-refractivity contribution in [2.45, 2.75) is 52.9 Å². The smallest absolute Gasteiger partial charge is 0.416 e. The lowest BCUT2D eigenvalue weighted by Crippen LogP contribution is -2.51. The molecular weight excluding hydrogens is 803 g/mol. The van der Waals surface area contributed by atoms with Gasteiger partial charge in [0.2, 0.25) is 11.7 Å². The van der Waals surface area contributed by atoms with E-state index in [0.717, 1.165) is 40.6 Å². The maximum absolute atomic E-state index is 14.6. The Kier molecular flexibility index (Phi) is 10.9. The number of nitrogens with one attached hydrogen (secondary N) is 1. The van der Waals surface area contributed by atoms with Crippen LogP contribution in [0.3, 0.4) is 0 Å². The zero-order valence-electron chi connectivity index (χ0n) is 32.8. The minimum absolute atomic E-state index is 0.0172. The van der Waals surface area contributed by atoms with Gasteiger partial charge in [0.1, 0.15) is 30.9 Å². The number of aromatic nitrogens is 6. The maximum Gasteiger partial charge on any atom is 0.416 e. The van der Waals surface area contributed by atoms with E-state index in [1.54, 1.807) is 16.4 Å². The molecule has 14 nitrogen and oxygen atoms in total. The molecule has 0 unspecified atom stereocenters. The van der Waals surface area contributed by atoms with Gasteiger partial charge in [-0.25, -0.2) is 9.97 Å². The number of alkyl halides is 3. The van der Waals surface area contributed by atoms with E-state index in [-0.39, 0.29) is 85.4 Å². The zero-order valence-corrected chi connectivity index (χ0v) is 33.6. The number of ether oxygens (including phenoxy) is 2. The van der Waals surface area contributed by atoms with Gasteiger partial charge in [-0.05, 0) is 61.7 Å². The number of fused-ring (bicyclic) bond motifs is 2. The number of piperazine rings is 1. The molecule has 0 aliphatic carbocycles. The molecule has 0 spiro atoms. The summed E-state index contributed by atoms with van der Waals surface area (Å²) in [4.78, 5) is 59.2. The number of nitrogens with zero attached hydrogens (tertiary/aromatic N) is 8. The molecule has 310 valence electrons. The van der Waals surface area contributed by atoms with Gasteiger partial charge in [0.05, 0.1) is 34.3 Å². The number of aryl methyl sites for hydroxylation is 1. The van der Waals surface area contributed by atoms with Gasteiger partial charge in [0, 0.05) is 43.7 Å². The van der Waals surface area contributed by atoms with Crippen molar-refractivity contribution in [1.82, 2.24) is 34.0 Å². The number of carbonyl (C=O) groups is 2. The topological polar surface area (TPSA) is 149 Å². The molecule has 3 aromatic carbocycles. The summed E-state index contributed by atoms with van der Waals surface area (Å²) in [7, 11) is 0. The molecule has 0 bridgehead atoms. The highest BCUT2D eigenvalue weighted by Gasteiger charge is 2.33. The average molecular weight is 842 g/mol. The Hall–Kier alpha value is -6.49. The van der Waals surface area contributed by atoms with Crippen LogP contribution in [0.15, 0.2) is 71.8 Å². The average Bonchev–Trinajstić information content (AvgIpc) is 3.91. The third-order valence-corrected chi connectivity index (χ3v) is 11.0. The molecule has 2 aliphatic rings. The summed E-state index contributed by atoms with van der Waals surface area (Å²) in [5.41, 5.74) is 3.48. The minimum Gasteiger partial charge on any atom is -0.493 e. The molecule has 1 saturated heterocycles. The Morgan fingerprint density at radius 2 is 1.77 bits per heavy atom. The lowest BCUT2D eigenvalue weighted by molar-refractivity contribution is -0.137. The molecule has 60 heavy (non-hydrogen) atoms. The molecule has 0 radical (unpaired) electrons. The Morgan fingerprint density at radius 1 is 1.00 bits per heavy atom. The van der Waals surface area contributed by atoms with Crippen LogP contribution < -0.4 is 25.2 Å². The number of benzene rings is 3. The molecule has 1 N–H and O–H groups in total. The lowest BCUT2D eigenvalue weighted by atomic mass is 10.00. The van der Waals surface area contributed by atoms with E-state index in [9.17, 15) is 27.6 Å². The summed E-state index contributed by atoms with van der Waals surface area (Å²) in [6, 6.07) is 15.9. The molecule has 6 aromatic rings. The first-order valence-electron chi connectivity index (χ1n) is 19.3. The fraction of sp³-hybridized carbons (Fsp3) is 0.310. The molecule has 18 heteroatoms. The monoisotopic (exact) mass is 841 g/mol. The van der Waals surface area contributed by atoms with E-state index in [0.29, 0.717) is 35.7 Å². The molecule has 0 atom stereocenters. The van der Waals surface area contributed by atoms with Crippen molar-refractivity contribution < 1.29 is 32.2 Å². The van der Waals surface area contributed by atoms with Crippen molar-refractivity contribution in [3.05, 3.63) is 122 Å². The number of hydrogen-bond acceptors (Lipinski definition) is 10. The third-order valence-electron chi connectivity index (χ3n) is 10.7. The predicted octanol–water partition coefficient (Wildman–Crippen LogP) is 6.31. The molecule has 3 aromatic heterocycles. The van der Waals surface area contributed by atoms with E-state index in [1.165, 1.54) is 10.8 Å². The summed E-state index contributed by atoms with van der Waals surface area (Å²) in [6.07, 6.45) is -2.30. The van der Waals surface area contributed by atoms with Crippen molar-refractivity contribution in [2.24, 2.45) is 0 Å². The molecule has 5 heterocycles. The van der Waals surface area contributed by atoms with Gasteiger partial charge in [-0.1, -0.05) is 48.9 Å². The first kappa shape index (κ1) is 40.3.